The van der Waals surface area contributed by atoms with E-state index in [1.165, 1.54) is 12.1 Å². The zero-order valence-corrected chi connectivity index (χ0v) is 11.5. The molecule has 0 saturated carbocycles. The highest BCUT2D eigenvalue weighted by molar-refractivity contribution is 5.87. The van der Waals surface area contributed by atoms with Crippen molar-refractivity contribution in [1.29, 1.82) is 0 Å². The molecule has 0 fully saturated rings. The lowest BCUT2D eigenvalue weighted by Crippen LogP contribution is -2.26. The van der Waals surface area contributed by atoms with Crippen LogP contribution in [0.3, 0.4) is 0 Å². The summed E-state index contributed by atoms with van der Waals surface area (Å²) < 4.78 is 10.3. The first-order valence-corrected chi connectivity index (χ1v) is 6.47. The summed E-state index contributed by atoms with van der Waals surface area (Å²) in [5.41, 5.74) is 0.239. The Balaban J connectivity index is 2.10. The van der Waals surface area contributed by atoms with Crippen molar-refractivity contribution in [3.63, 3.8) is 0 Å². The molecule has 6 nitrogen and oxygen atoms in total. The fourth-order valence-corrected chi connectivity index (χ4v) is 1.60. The van der Waals surface area contributed by atoms with Crippen molar-refractivity contribution in [2.24, 2.45) is 0 Å². The van der Waals surface area contributed by atoms with Crippen molar-refractivity contribution in [1.82, 2.24) is 5.32 Å². The Bertz CT molecular complexity index is 393. The standard InChI is InChI=1S/C14H21NO5/c1-19-10-12(16)6-7-15-8-9-20-13-4-2-11(3-5-13)14(17)18/h2-5,12,15-16H,6-10H2,1H3,(H,17,18). The number of benzene rings is 1. The SMILES string of the molecule is COCC(O)CCNCCOc1ccc(C(=O)O)cc1. The van der Waals surface area contributed by atoms with Gasteiger partial charge in [-0.3, -0.25) is 0 Å². The number of aromatic carboxylic acids is 1. The van der Waals surface area contributed by atoms with Crippen LogP contribution in [-0.4, -0.2) is 55.7 Å². The van der Waals surface area contributed by atoms with Gasteiger partial charge in [0.1, 0.15) is 12.4 Å². The first-order chi connectivity index (χ1) is 9.63. The van der Waals surface area contributed by atoms with Gasteiger partial charge >= 0.3 is 5.97 Å². The third-order valence-electron chi connectivity index (χ3n) is 2.66. The van der Waals surface area contributed by atoms with Crippen LogP contribution >= 0.6 is 0 Å². The van der Waals surface area contributed by atoms with Gasteiger partial charge in [-0.2, -0.15) is 0 Å². The number of carboxylic acids is 1. The number of carbonyl (C=O) groups is 1. The van der Waals surface area contributed by atoms with E-state index in [4.69, 9.17) is 14.6 Å². The van der Waals surface area contributed by atoms with Crippen LogP contribution in [0.5, 0.6) is 5.75 Å². The number of hydrogen-bond acceptors (Lipinski definition) is 5. The summed E-state index contributed by atoms with van der Waals surface area (Å²) >= 11 is 0. The summed E-state index contributed by atoms with van der Waals surface area (Å²) in [6.45, 7) is 2.16. The highest BCUT2D eigenvalue weighted by Crippen LogP contribution is 2.11. The quantitative estimate of drug-likeness (QED) is 0.549. The second-order valence-corrected chi connectivity index (χ2v) is 4.33. The minimum atomic E-state index is -0.951. The van der Waals surface area contributed by atoms with E-state index >= 15 is 0 Å². The normalized spacial score (nSPS) is 12.1. The summed E-state index contributed by atoms with van der Waals surface area (Å²) in [4.78, 5) is 10.7. The number of ether oxygens (including phenoxy) is 2. The van der Waals surface area contributed by atoms with E-state index in [-0.39, 0.29) is 5.56 Å². The Morgan fingerprint density at radius 3 is 2.60 bits per heavy atom. The van der Waals surface area contributed by atoms with Crippen molar-refractivity contribution < 1.29 is 24.5 Å². The van der Waals surface area contributed by atoms with Crippen LogP contribution < -0.4 is 10.1 Å². The van der Waals surface area contributed by atoms with Gasteiger partial charge in [0.05, 0.1) is 18.3 Å². The molecule has 3 N–H and O–H groups in total. The second kappa shape index (κ2) is 9.30. The smallest absolute Gasteiger partial charge is 0.335 e. The molecule has 0 radical (unpaired) electrons. The summed E-state index contributed by atoms with van der Waals surface area (Å²) in [6.07, 6.45) is 0.179. The molecule has 112 valence electrons. The molecule has 0 aliphatic carbocycles. The maximum atomic E-state index is 10.7. The largest absolute Gasteiger partial charge is 0.492 e. The lowest BCUT2D eigenvalue weighted by molar-refractivity contribution is 0.0593. The molecular formula is C14H21NO5. The number of methoxy groups -OCH3 is 1. The van der Waals surface area contributed by atoms with Gasteiger partial charge in [0.25, 0.3) is 0 Å². The van der Waals surface area contributed by atoms with Crippen LogP contribution in [-0.2, 0) is 4.74 Å². The zero-order valence-electron chi connectivity index (χ0n) is 11.5. The van der Waals surface area contributed by atoms with Gasteiger partial charge in [-0.25, -0.2) is 4.79 Å². The van der Waals surface area contributed by atoms with Gasteiger partial charge in [-0.05, 0) is 37.2 Å². The van der Waals surface area contributed by atoms with Crippen molar-refractivity contribution in [3.8, 4) is 5.75 Å². The number of aliphatic hydroxyl groups excluding tert-OH is 1. The number of hydrogen-bond donors (Lipinski definition) is 3. The lowest BCUT2D eigenvalue weighted by Gasteiger charge is -2.10. The molecule has 0 saturated heterocycles. The molecule has 1 unspecified atom stereocenters. The molecule has 0 aliphatic rings. The Kier molecular flexibility index (Phi) is 7.64. The van der Waals surface area contributed by atoms with E-state index in [9.17, 15) is 9.90 Å². The van der Waals surface area contributed by atoms with Gasteiger partial charge in [0.15, 0.2) is 0 Å². The summed E-state index contributed by atoms with van der Waals surface area (Å²) in [7, 11) is 1.56. The maximum absolute atomic E-state index is 10.7. The molecule has 0 bridgehead atoms. The molecule has 0 heterocycles. The van der Waals surface area contributed by atoms with Gasteiger partial charge in [0.2, 0.25) is 0 Å². The minimum absolute atomic E-state index is 0.239. The highest BCUT2D eigenvalue weighted by atomic mass is 16.5. The Morgan fingerprint density at radius 2 is 2.00 bits per heavy atom. The number of rotatable bonds is 10. The van der Waals surface area contributed by atoms with Gasteiger partial charge < -0.3 is 25.0 Å². The molecule has 0 aliphatic heterocycles. The third kappa shape index (κ3) is 6.51. The molecule has 0 aromatic heterocycles. The highest BCUT2D eigenvalue weighted by Gasteiger charge is 2.03. The van der Waals surface area contributed by atoms with Crippen molar-refractivity contribution in [3.05, 3.63) is 29.8 Å². The third-order valence-corrected chi connectivity index (χ3v) is 2.66. The first kappa shape index (κ1) is 16.4. The number of nitrogens with one attached hydrogen (secondary N) is 1. The first-order valence-electron chi connectivity index (χ1n) is 6.47. The van der Waals surface area contributed by atoms with E-state index in [0.29, 0.717) is 38.5 Å². The topological polar surface area (TPSA) is 88.0 Å². The van der Waals surface area contributed by atoms with Gasteiger partial charge in [-0.15, -0.1) is 0 Å². The number of aliphatic hydroxyl groups is 1. The van der Waals surface area contributed by atoms with Crippen LogP contribution in [0.25, 0.3) is 0 Å². The molecular weight excluding hydrogens is 262 g/mol. The predicted octanol–water partition coefficient (Wildman–Crippen LogP) is 0.751. The molecule has 1 aromatic rings. The van der Waals surface area contributed by atoms with Gasteiger partial charge in [-0.1, -0.05) is 0 Å². The van der Waals surface area contributed by atoms with Crippen LogP contribution in [0.2, 0.25) is 0 Å². The monoisotopic (exact) mass is 283 g/mol. The Labute approximate surface area is 118 Å². The van der Waals surface area contributed by atoms with Gasteiger partial charge in [0, 0.05) is 13.7 Å². The molecule has 20 heavy (non-hydrogen) atoms. The molecule has 1 aromatic carbocycles. The van der Waals surface area contributed by atoms with E-state index < -0.39 is 12.1 Å². The predicted molar refractivity (Wildman–Crippen MR) is 74.3 cm³/mol. The van der Waals surface area contributed by atoms with Crippen LogP contribution in [0.4, 0.5) is 0 Å². The summed E-state index contributed by atoms with van der Waals surface area (Å²) in [6, 6.07) is 6.27. The fraction of sp³-hybridized carbons (Fsp3) is 0.500. The molecule has 6 heteroatoms. The summed E-state index contributed by atoms with van der Waals surface area (Å²) in [5.74, 6) is -0.316. The maximum Gasteiger partial charge on any atom is 0.335 e. The average Bonchev–Trinajstić information content (AvgIpc) is 2.43. The van der Waals surface area contributed by atoms with E-state index in [1.54, 1.807) is 19.2 Å². The molecule has 0 amide bonds. The van der Waals surface area contributed by atoms with E-state index in [1.807, 2.05) is 0 Å². The van der Waals surface area contributed by atoms with Crippen LogP contribution in [0.15, 0.2) is 24.3 Å². The average molecular weight is 283 g/mol. The van der Waals surface area contributed by atoms with E-state index in [2.05, 4.69) is 5.32 Å². The Morgan fingerprint density at radius 1 is 1.30 bits per heavy atom. The minimum Gasteiger partial charge on any atom is -0.492 e. The zero-order chi connectivity index (χ0) is 14.8. The fourth-order valence-electron chi connectivity index (χ4n) is 1.60. The molecule has 1 rings (SSSR count). The lowest BCUT2D eigenvalue weighted by atomic mass is 10.2. The molecule has 0 spiro atoms. The van der Waals surface area contributed by atoms with Crippen LogP contribution in [0.1, 0.15) is 16.8 Å². The van der Waals surface area contributed by atoms with Crippen molar-refractivity contribution in [2.45, 2.75) is 12.5 Å². The summed E-state index contributed by atoms with van der Waals surface area (Å²) in [5, 5.41) is 21.3. The number of carboxylic acid groups (broad SMARTS) is 1. The van der Waals surface area contributed by atoms with Crippen molar-refractivity contribution >= 4 is 5.97 Å². The van der Waals surface area contributed by atoms with E-state index in [0.717, 1.165) is 0 Å². The van der Waals surface area contributed by atoms with Crippen molar-refractivity contribution in [2.75, 3.05) is 33.4 Å². The molecule has 1 atom stereocenters. The second-order valence-electron chi connectivity index (χ2n) is 4.33. The van der Waals surface area contributed by atoms with Crippen LogP contribution in [0, 0.1) is 0 Å². The Hall–Kier alpha value is -1.63.